The van der Waals surface area contributed by atoms with E-state index in [1.165, 1.54) is 52.0 Å². The summed E-state index contributed by atoms with van der Waals surface area (Å²) in [6, 6.07) is 66.1. The molecule has 0 unspecified atom stereocenters. The fourth-order valence-electron chi connectivity index (χ4n) is 6.86. The van der Waals surface area contributed by atoms with Crippen LogP contribution in [0.4, 0.5) is 28.7 Å². The number of rotatable bonds is 5. The summed E-state index contributed by atoms with van der Waals surface area (Å²) < 4.78 is 3.46. The van der Waals surface area contributed by atoms with Crippen LogP contribution in [0.5, 0.6) is 0 Å². The lowest BCUT2D eigenvalue weighted by molar-refractivity contribution is 1.19. The second kappa shape index (κ2) is 17.9. The van der Waals surface area contributed by atoms with Gasteiger partial charge < -0.3 is 5.32 Å². The van der Waals surface area contributed by atoms with E-state index in [1.54, 1.807) is 6.20 Å². The Bertz CT molecular complexity index is 2660. The fraction of sp³-hybridized carbons (Fsp3) is 0. The number of anilines is 5. The van der Waals surface area contributed by atoms with Crippen molar-refractivity contribution in [2.24, 2.45) is 0 Å². The number of fused-ring (bicyclic) bond motifs is 4. The molecular formula is C50H35Br3N4. The predicted molar refractivity (Wildman–Crippen MR) is 252 cm³/mol. The van der Waals surface area contributed by atoms with E-state index in [1.807, 2.05) is 72.9 Å². The van der Waals surface area contributed by atoms with Gasteiger partial charge in [0.25, 0.3) is 0 Å². The van der Waals surface area contributed by atoms with Crippen molar-refractivity contribution in [3.8, 4) is 0 Å². The van der Waals surface area contributed by atoms with Gasteiger partial charge in [0.1, 0.15) is 11.6 Å². The highest BCUT2D eigenvalue weighted by molar-refractivity contribution is 9.11. The summed E-state index contributed by atoms with van der Waals surface area (Å²) in [5.41, 5.74) is 3.28. The van der Waals surface area contributed by atoms with Crippen molar-refractivity contribution in [1.29, 1.82) is 0 Å². The molecule has 8 aromatic carbocycles. The highest BCUT2D eigenvalue weighted by atomic mass is 79.9. The Balaban J connectivity index is 0.000000132. The van der Waals surface area contributed by atoms with Crippen LogP contribution >= 0.6 is 47.8 Å². The van der Waals surface area contributed by atoms with Crippen LogP contribution in [0.3, 0.4) is 0 Å². The molecule has 0 aliphatic heterocycles. The topological polar surface area (TPSA) is 41.1 Å². The lowest BCUT2D eigenvalue weighted by atomic mass is 9.99. The lowest BCUT2D eigenvalue weighted by Crippen LogP contribution is -2.12. The first-order valence-electron chi connectivity index (χ1n) is 18.4. The van der Waals surface area contributed by atoms with Crippen LogP contribution in [0.15, 0.2) is 220 Å². The number of hydrogen-bond donors (Lipinski definition) is 1. The molecular weight excluding hydrogens is 896 g/mol. The van der Waals surface area contributed by atoms with E-state index in [2.05, 4.69) is 195 Å². The zero-order chi connectivity index (χ0) is 39.0. The van der Waals surface area contributed by atoms with Crippen molar-refractivity contribution in [1.82, 2.24) is 9.97 Å². The maximum atomic E-state index is 4.68. The van der Waals surface area contributed by atoms with Gasteiger partial charge in [-0.05, 0) is 129 Å². The first-order chi connectivity index (χ1) is 28.1. The van der Waals surface area contributed by atoms with Crippen LogP contribution in [0.1, 0.15) is 0 Å². The van der Waals surface area contributed by atoms with Gasteiger partial charge in [-0.3, -0.25) is 4.90 Å². The normalized spacial score (nSPS) is 10.7. The molecule has 0 aliphatic carbocycles. The molecule has 276 valence electrons. The second-order valence-electron chi connectivity index (χ2n) is 13.0. The SMILES string of the molecule is Brc1c2ccccc2c(Br)c2ccccc12.Brc1c2ccccc2c(N(c2ccccc2)c2ccccn2)c2ccccc12.c1ccc(Nc2ccccn2)cc1. The minimum atomic E-state index is 0.869. The van der Waals surface area contributed by atoms with E-state index in [-0.39, 0.29) is 0 Å². The highest BCUT2D eigenvalue weighted by Gasteiger charge is 2.21. The molecule has 10 rings (SSSR count). The molecule has 0 spiro atoms. The summed E-state index contributed by atoms with van der Waals surface area (Å²) in [5.74, 6) is 1.76. The van der Waals surface area contributed by atoms with Gasteiger partial charge in [0.15, 0.2) is 0 Å². The molecule has 57 heavy (non-hydrogen) atoms. The van der Waals surface area contributed by atoms with Crippen LogP contribution in [0.2, 0.25) is 0 Å². The maximum absolute atomic E-state index is 4.68. The molecule has 0 radical (unpaired) electrons. The van der Waals surface area contributed by atoms with E-state index in [9.17, 15) is 0 Å². The van der Waals surface area contributed by atoms with Crippen molar-refractivity contribution in [3.05, 3.63) is 220 Å². The largest absolute Gasteiger partial charge is 0.340 e. The summed E-state index contributed by atoms with van der Waals surface area (Å²) in [6.45, 7) is 0. The molecule has 0 saturated carbocycles. The molecule has 4 nitrogen and oxygen atoms in total. The first-order valence-corrected chi connectivity index (χ1v) is 20.8. The number of benzene rings is 8. The van der Waals surface area contributed by atoms with Gasteiger partial charge in [-0.15, -0.1) is 0 Å². The van der Waals surface area contributed by atoms with Gasteiger partial charge in [0.2, 0.25) is 0 Å². The standard InChI is InChI=1S/C25H17BrN2.C14H8Br2.C11H10N2/c26-24-19-12-4-6-14-21(19)25(22-15-7-5-13-20(22)24)28(18-10-2-1-3-11-18)23-16-8-9-17-27-23;15-13-9-5-1-2-6-10(9)14(16)12-8-4-3-7-11(12)13;1-2-6-10(7-3-1)13-11-8-4-5-9-12-11/h1-17H;1-8H;1-9H,(H,12,13). The second-order valence-corrected chi connectivity index (χ2v) is 15.4. The smallest absolute Gasteiger partial charge is 0.137 e. The third kappa shape index (κ3) is 8.33. The number of aromatic nitrogens is 2. The Labute approximate surface area is 357 Å². The summed E-state index contributed by atoms with van der Waals surface area (Å²) in [7, 11) is 0. The number of nitrogens with one attached hydrogen (secondary N) is 1. The van der Waals surface area contributed by atoms with E-state index in [0.29, 0.717) is 0 Å². The summed E-state index contributed by atoms with van der Waals surface area (Å²) in [6.07, 6.45) is 3.61. The molecule has 1 N–H and O–H groups in total. The minimum Gasteiger partial charge on any atom is -0.340 e. The Morgan fingerprint density at radius 3 is 1.14 bits per heavy atom. The Kier molecular flexibility index (Phi) is 12.0. The summed E-state index contributed by atoms with van der Waals surface area (Å²) in [5, 5.41) is 12.9. The van der Waals surface area contributed by atoms with Crippen LogP contribution in [-0.4, -0.2) is 9.97 Å². The first kappa shape index (κ1) is 38.0. The monoisotopic (exact) mass is 928 g/mol. The Hall–Kier alpha value is -5.86. The highest BCUT2D eigenvalue weighted by Crippen LogP contribution is 2.46. The van der Waals surface area contributed by atoms with Gasteiger partial charge in [-0.1, -0.05) is 146 Å². The van der Waals surface area contributed by atoms with Gasteiger partial charge in [-0.2, -0.15) is 0 Å². The van der Waals surface area contributed by atoms with Crippen molar-refractivity contribution in [2.75, 3.05) is 10.2 Å². The average Bonchev–Trinajstić information content (AvgIpc) is 3.29. The van der Waals surface area contributed by atoms with Crippen molar-refractivity contribution >= 4 is 120 Å². The van der Waals surface area contributed by atoms with Crippen molar-refractivity contribution < 1.29 is 0 Å². The molecule has 0 fully saturated rings. The third-order valence-corrected chi connectivity index (χ3v) is 12.0. The number of nitrogens with zero attached hydrogens (tertiary/aromatic N) is 3. The fourth-order valence-corrected chi connectivity index (χ4v) is 8.93. The number of pyridine rings is 2. The Morgan fingerprint density at radius 1 is 0.351 bits per heavy atom. The lowest BCUT2D eigenvalue weighted by Gasteiger charge is -2.27. The molecule has 0 aliphatic rings. The van der Waals surface area contributed by atoms with Gasteiger partial charge in [0.05, 0.1) is 5.69 Å². The number of halogens is 3. The minimum absolute atomic E-state index is 0.869. The molecule has 0 saturated heterocycles. The summed E-state index contributed by atoms with van der Waals surface area (Å²) >= 11 is 11.2. The third-order valence-electron chi connectivity index (χ3n) is 9.46. The maximum Gasteiger partial charge on any atom is 0.137 e. The summed E-state index contributed by atoms with van der Waals surface area (Å²) in [4.78, 5) is 11.1. The quantitative estimate of drug-likeness (QED) is 0.175. The molecule has 0 bridgehead atoms. The predicted octanol–water partition coefficient (Wildman–Crippen LogP) is 16.0. The molecule has 10 aromatic rings. The molecule has 7 heteroatoms. The van der Waals surface area contributed by atoms with Gasteiger partial charge >= 0.3 is 0 Å². The van der Waals surface area contributed by atoms with Crippen LogP contribution in [0.25, 0.3) is 43.1 Å². The van der Waals surface area contributed by atoms with Gasteiger partial charge in [-0.25, -0.2) is 9.97 Å². The van der Waals surface area contributed by atoms with Crippen molar-refractivity contribution in [2.45, 2.75) is 0 Å². The van der Waals surface area contributed by atoms with Crippen molar-refractivity contribution in [3.63, 3.8) is 0 Å². The van der Waals surface area contributed by atoms with E-state index in [4.69, 9.17) is 0 Å². The molecule has 0 atom stereocenters. The molecule has 2 aromatic heterocycles. The van der Waals surface area contributed by atoms with Crippen LogP contribution < -0.4 is 10.2 Å². The van der Waals surface area contributed by atoms with E-state index < -0.39 is 0 Å². The van der Waals surface area contributed by atoms with E-state index >= 15 is 0 Å². The zero-order valence-electron chi connectivity index (χ0n) is 30.6. The van der Waals surface area contributed by atoms with Crippen LogP contribution in [-0.2, 0) is 0 Å². The zero-order valence-corrected chi connectivity index (χ0v) is 35.4. The Morgan fingerprint density at radius 2 is 0.719 bits per heavy atom. The molecule has 0 amide bonds. The van der Waals surface area contributed by atoms with Gasteiger partial charge in [0, 0.05) is 48.0 Å². The number of hydrogen-bond acceptors (Lipinski definition) is 4. The average molecular weight is 932 g/mol. The van der Waals surface area contributed by atoms with Crippen LogP contribution in [0, 0.1) is 0 Å². The van der Waals surface area contributed by atoms with E-state index in [0.717, 1.165) is 33.2 Å². The number of para-hydroxylation sites is 2. The molecule has 2 heterocycles.